The lowest BCUT2D eigenvalue weighted by Crippen LogP contribution is -2.38. The molecule has 0 aliphatic rings. The number of nitrogens with zero attached hydrogens (tertiary/aromatic N) is 1. The summed E-state index contributed by atoms with van der Waals surface area (Å²) < 4.78 is 23.9. The Morgan fingerprint density at radius 1 is 1.00 bits per heavy atom. The Kier molecular flexibility index (Phi) is 6.94. The minimum atomic E-state index is -3.47. The minimum Gasteiger partial charge on any atom is -0.350 e. The first-order valence-electron chi connectivity index (χ1n) is 8.74. The van der Waals surface area contributed by atoms with E-state index in [4.69, 9.17) is 0 Å². The maximum Gasteiger partial charge on any atom is 0.252 e. The Morgan fingerprint density at radius 3 is 2.15 bits per heavy atom. The van der Waals surface area contributed by atoms with Gasteiger partial charge in [0.15, 0.2) is 9.84 Å². The van der Waals surface area contributed by atoms with Gasteiger partial charge in [-0.25, -0.2) is 8.42 Å². The average Bonchev–Trinajstić information content (AvgIpc) is 2.65. The summed E-state index contributed by atoms with van der Waals surface area (Å²) in [6.45, 7) is 6.28. The highest BCUT2D eigenvalue weighted by molar-refractivity contribution is 7.90. The maximum atomic E-state index is 12.7. The molecule has 0 bridgehead atoms. The molecule has 0 fully saturated rings. The van der Waals surface area contributed by atoms with Crippen molar-refractivity contribution in [1.82, 2.24) is 10.2 Å². The highest BCUT2D eigenvalue weighted by Crippen LogP contribution is 2.20. The normalized spacial score (nSPS) is 12.8. The lowest BCUT2D eigenvalue weighted by atomic mass is 10.0. The smallest absolute Gasteiger partial charge is 0.252 e. The third-order valence-corrected chi connectivity index (χ3v) is 5.58. The molecule has 0 aliphatic carbocycles. The first-order valence-corrected chi connectivity index (χ1v) is 10.6. The number of rotatable bonds is 8. The number of likely N-dealkylation sites (N-methyl/N-ethyl adjacent to an activating group) is 1. The van der Waals surface area contributed by atoms with Crippen molar-refractivity contribution in [1.29, 1.82) is 0 Å². The van der Waals surface area contributed by atoms with Gasteiger partial charge in [0.05, 0.1) is 16.5 Å². The van der Waals surface area contributed by atoms with Crippen LogP contribution in [0.15, 0.2) is 59.5 Å². The Morgan fingerprint density at radius 2 is 1.58 bits per heavy atom. The summed E-state index contributed by atoms with van der Waals surface area (Å²) in [5.41, 5.74) is 1.30. The van der Waals surface area contributed by atoms with Gasteiger partial charge in [0.25, 0.3) is 5.91 Å². The second kappa shape index (κ2) is 8.96. The van der Waals surface area contributed by atoms with E-state index in [0.717, 1.165) is 24.9 Å². The molecule has 0 radical (unpaired) electrons. The van der Waals surface area contributed by atoms with Gasteiger partial charge in [-0.2, -0.15) is 0 Å². The zero-order valence-corrected chi connectivity index (χ0v) is 16.3. The van der Waals surface area contributed by atoms with Gasteiger partial charge < -0.3 is 5.32 Å². The molecule has 1 N–H and O–H groups in total. The third-order valence-electron chi connectivity index (χ3n) is 4.42. The number of carbonyl (C=O) groups excluding carboxylic acids is 1. The van der Waals surface area contributed by atoms with E-state index >= 15 is 0 Å². The molecule has 2 aromatic carbocycles. The van der Waals surface area contributed by atoms with Crippen molar-refractivity contribution < 1.29 is 13.2 Å². The summed E-state index contributed by atoms with van der Waals surface area (Å²) in [4.78, 5) is 15.0. The first kappa shape index (κ1) is 20.1. The van der Waals surface area contributed by atoms with E-state index < -0.39 is 9.84 Å². The molecule has 0 aromatic heterocycles. The minimum absolute atomic E-state index is 0.0283. The topological polar surface area (TPSA) is 66.5 Å². The molecule has 5 nitrogen and oxygen atoms in total. The van der Waals surface area contributed by atoms with Crippen LogP contribution in [0.5, 0.6) is 0 Å². The fourth-order valence-electron chi connectivity index (χ4n) is 3.06. The number of hydrogen-bond donors (Lipinski definition) is 1. The monoisotopic (exact) mass is 374 g/mol. The van der Waals surface area contributed by atoms with E-state index in [1.54, 1.807) is 18.2 Å². The predicted octanol–water partition coefficient (Wildman–Crippen LogP) is 2.90. The summed E-state index contributed by atoms with van der Waals surface area (Å²) in [7, 11) is -3.47. The van der Waals surface area contributed by atoms with Crippen LogP contribution < -0.4 is 5.32 Å². The number of carbonyl (C=O) groups is 1. The fraction of sp³-hybridized carbons (Fsp3) is 0.350. The second-order valence-electron chi connectivity index (χ2n) is 6.13. The Balaban J connectivity index is 2.23. The average molecular weight is 375 g/mol. The van der Waals surface area contributed by atoms with Crippen LogP contribution in [0.1, 0.15) is 35.8 Å². The number of benzene rings is 2. The number of nitrogens with one attached hydrogen (secondary N) is 1. The SMILES string of the molecule is CCN(CC)[C@H](CNC(=O)c1ccccc1S(C)(=O)=O)c1ccccc1. The number of hydrogen-bond acceptors (Lipinski definition) is 4. The van der Waals surface area contributed by atoms with Crippen molar-refractivity contribution in [3.05, 3.63) is 65.7 Å². The van der Waals surface area contributed by atoms with Gasteiger partial charge in [0, 0.05) is 12.8 Å². The van der Waals surface area contributed by atoms with Crippen LogP contribution in [0.2, 0.25) is 0 Å². The molecule has 2 aromatic rings. The quantitative estimate of drug-likeness (QED) is 0.771. The Bertz CT molecular complexity index is 831. The van der Waals surface area contributed by atoms with Crippen molar-refractivity contribution in [2.75, 3.05) is 25.9 Å². The lowest BCUT2D eigenvalue weighted by Gasteiger charge is -2.30. The molecule has 2 rings (SSSR count). The van der Waals surface area contributed by atoms with Crippen LogP contribution in [0.4, 0.5) is 0 Å². The Hall–Kier alpha value is -2.18. The largest absolute Gasteiger partial charge is 0.350 e. The molecule has 26 heavy (non-hydrogen) atoms. The van der Waals surface area contributed by atoms with Gasteiger partial charge in [-0.05, 0) is 30.8 Å². The molecule has 0 saturated heterocycles. The van der Waals surface area contributed by atoms with E-state index in [-0.39, 0.29) is 22.4 Å². The third kappa shape index (κ3) is 4.93. The number of sulfone groups is 1. The predicted molar refractivity (Wildman–Crippen MR) is 104 cm³/mol. The standard InChI is InChI=1S/C20H26N2O3S/c1-4-22(5-2)18(16-11-7-6-8-12-16)15-21-20(23)17-13-9-10-14-19(17)26(3,24)25/h6-14,18H,4-5,15H2,1-3H3,(H,21,23)/t18-/m1/s1. The molecule has 0 heterocycles. The number of amides is 1. The molecule has 0 saturated carbocycles. The molecule has 6 heteroatoms. The fourth-order valence-corrected chi connectivity index (χ4v) is 3.95. The molecular weight excluding hydrogens is 348 g/mol. The van der Waals surface area contributed by atoms with Gasteiger partial charge in [0.2, 0.25) is 0 Å². The second-order valence-corrected chi connectivity index (χ2v) is 8.11. The highest BCUT2D eigenvalue weighted by Gasteiger charge is 2.21. The van der Waals surface area contributed by atoms with Crippen molar-refractivity contribution in [2.24, 2.45) is 0 Å². The summed E-state index contributed by atoms with van der Waals surface area (Å²) in [6, 6.07) is 16.3. The Labute approximate surface area is 156 Å². The molecule has 0 spiro atoms. The zero-order valence-electron chi connectivity index (χ0n) is 15.5. The summed E-state index contributed by atoms with van der Waals surface area (Å²) >= 11 is 0. The molecule has 0 aliphatic heterocycles. The van der Waals surface area contributed by atoms with Gasteiger partial charge in [-0.3, -0.25) is 9.69 Å². The van der Waals surface area contributed by atoms with E-state index in [9.17, 15) is 13.2 Å². The van der Waals surface area contributed by atoms with Gasteiger partial charge in [0.1, 0.15) is 0 Å². The van der Waals surface area contributed by atoms with Crippen LogP contribution in [-0.4, -0.2) is 45.1 Å². The van der Waals surface area contributed by atoms with Crippen molar-refractivity contribution >= 4 is 15.7 Å². The van der Waals surface area contributed by atoms with Crippen LogP contribution in [-0.2, 0) is 9.84 Å². The van der Waals surface area contributed by atoms with Crippen molar-refractivity contribution in [2.45, 2.75) is 24.8 Å². The van der Waals surface area contributed by atoms with Gasteiger partial charge in [-0.1, -0.05) is 56.3 Å². The molecule has 140 valence electrons. The van der Waals surface area contributed by atoms with Crippen LogP contribution in [0.3, 0.4) is 0 Å². The van der Waals surface area contributed by atoms with E-state index in [1.165, 1.54) is 6.07 Å². The van der Waals surface area contributed by atoms with E-state index in [1.807, 2.05) is 30.3 Å². The molecule has 0 unspecified atom stereocenters. The zero-order chi connectivity index (χ0) is 19.2. The van der Waals surface area contributed by atoms with E-state index in [2.05, 4.69) is 24.1 Å². The van der Waals surface area contributed by atoms with Crippen LogP contribution >= 0.6 is 0 Å². The lowest BCUT2D eigenvalue weighted by molar-refractivity contribution is 0.0931. The van der Waals surface area contributed by atoms with Crippen molar-refractivity contribution in [3.8, 4) is 0 Å². The summed E-state index contributed by atoms with van der Waals surface area (Å²) in [5, 5.41) is 2.91. The maximum absolute atomic E-state index is 12.7. The van der Waals surface area contributed by atoms with E-state index in [0.29, 0.717) is 6.54 Å². The van der Waals surface area contributed by atoms with Gasteiger partial charge in [-0.15, -0.1) is 0 Å². The van der Waals surface area contributed by atoms with Crippen LogP contribution in [0.25, 0.3) is 0 Å². The van der Waals surface area contributed by atoms with Crippen LogP contribution in [0, 0.1) is 0 Å². The summed E-state index contributed by atoms with van der Waals surface area (Å²) in [6.07, 6.45) is 1.11. The highest BCUT2D eigenvalue weighted by atomic mass is 32.2. The van der Waals surface area contributed by atoms with Crippen molar-refractivity contribution in [3.63, 3.8) is 0 Å². The molecule has 1 amide bonds. The molecular formula is C20H26N2O3S. The first-order chi connectivity index (χ1) is 12.4. The molecule has 1 atom stereocenters. The van der Waals surface area contributed by atoms with Gasteiger partial charge >= 0.3 is 0 Å². The summed E-state index contributed by atoms with van der Waals surface area (Å²) in [5.74, 6) is -0.376.